The van der Waals surface area contributed by atoms with Gasteiger partial charge >= 0.3 is 0 Å². The summed E-state index contributed by atoms with van der Waals surface area (Å²) in [6.45, 7) is 1.19. The number of carbonyl (C=O) groups is 1. The van der Waals surface area contributed by atoms with Crippen LogP contribution in [0.5, 0.6) is 0 Å². The minimum Gasteiger partial charge on any atom is -0.383 e. The lowest BCUT2D eigenvalue weighted by atomic mass is 10.00. The Hall–Kier alpha value is -3.86. The lowest BCUT2D eigenvalue weighted by molar-refractivity contribution is 0.100. The van der Waals surface area contributed by atoms with Crippen LogP contribution in [0.15, 0.2) is 48.5 Å². The molecule has 4 rings (SSSR count). The third-order valence-corrected chi connectivity index (χ3v) is 5.58. The number of benzene rings is 2. The summed E-state index contributed by atoms with van der Waals surface area (Å²) in [4.78, 5) is 13.9. The molecular weight excluding hydrogens is 395 g/mol. The monoisotopic (exact) mass is 418 g/mol. The molecule has 31 heavy (non-hydrogen) atoms. The van der Waals surface area contributed by atoms with Crippen LogP contribution in [-0.4, -0.2) is 33.7 Å². The number of nitrogens with two attached hydrogens (primary N) is 2. The van der Waals surface area contributed by atoms with E-state index < -0.39 is 5.91 Å². The minimum absolute atomic E-state index is 0.115. The molecule has 0 spiro atoms. The van der Waals surface area contributed by atoms with Crippen molar-refractivity contribution in [2.45, 2.75) is 25.3 Å². The Kier molecular flexibility index (Phi) is 5.58. The standard InChI is InChI=1S/C23H23FN6O/c24-18-7-2-5-16(12-18)10-15-4-1-6-17(11-15)21-20(23(27)31)22(26)30(28-21)19-8-3-9-29(13-19)14-25/h1-2,4-7,11-12,19H,3,8-10,13,26H2,(H2,27,31). The highest BCUT2D eigenvalue weighted by Crippen LogP contribution is 2.32. The van der Waals surface area contributed by atoms with E-state index in [0.717, 1.165) is 24.0 Å². The number of piperidine rings is 1. The van der Waals surface area contributed by atoms with Crippen molar-refractivity contribution in [3.63, 3.8) is 0 Å². The maximum absolute atomic E-state index is 13.5. The average molecular weight is 418 g/mol. The molecule has 1 aromatic heterocycles. The molecule has 0 radical (unpaired) electrons. The number of hydrogen-bond donors (Lipinski definition) is 2. The van der Waals surface area contributed by atoms with E-state index >= 15 is 0 Å². The Morgan fingerprint density at radius 3 is 2.68 bits per heavy atom. The van der Waals surface area contributed by atoms with Crippen LogP contribution in [0.1, 0.15) is 40.4 Å². The van der Waals surface area contributed by atoms with Gasteiger partial charge in [0.05, 0.1) is 12.6 Å². The fourth-order valence-electron chi connectivity index (χ4n) is 4.13. The molecule has 1 amide bonds. The first-order valence-electron chi connectivity index (χ1n) is 10.1. The number of rotatable bonds is 5. The number of primary amides is 1. The van der Waals surface area contributed by atoms with Crippen molar-refractivity contribution in [2.24, 2.45) is 5.73 Å². The summed E-state index contributed by atoms with van der Waals surface area (Å²) in [5.41, 5.74) is 15.0. The van der Waals surface area contributed by atoms with Crippen LogP contribution in [0.25, 0.3) is 11.3 Å². The fraction of sp³-hybridized carbons (Fsp3) is 0.261. The van der Waals surface area contributed by atoms with Gasteiger partial charge in [-0.1, -0.05) is 30.3 Å². The van der Waals surface area contributed by atoms with Crippen LogP contribution in [0.3, 0.4) is 0 Å². The number of likely N-dealkylation sites (tertiary alicyclic amines) is 1. The molecule has 0 saturated carbocycles. The molecule has 4 N–H and O–H groups in total. The highest BCUT2D eigenvalue weighted by molar-refractivity contribution is 6.03. The van der Waals surface area contributed by atoms with Crippen LogP contribution < -0.4 is 11.5 Å². The van der Waals surface area contributed by atoms with E-state index in [1.165, 1.54) is 12.1 Å². The molecule has 3 aromatic rings. The summed E-state index contributed by atoms with van der Waals surface area (Å²) in [7, 11) is 0. The largest absolute Gasteiger partial charge is 0.383 e. The molecule has 8 heteroatoms. The number of anilines is 1. The SMILES string of the molecule is N#CN1CCCC(n2nc(-c3cccc(Cc4cccc(F)c4)c3)c(C(N)=O)c2N)C1. The van der Waals surface area contributed by atoms with E-state index in [-0.39, 0.29) is 23.2 Å². The predicted octanol–water partition coefficient (Wildman–Crippen LogP) is 3.08. The zero-order valence-corrected chi connectivity index (χ0v) is 17.0. The first-order valence-corrected chi connectivity index (χ1v) is 10.1. The first kappa shape index (κ1) is 20.4. The van der Waals surface area contributed by atoms with Gasteiger partial charge < -0.3 is 16.4 Å². The third-order valence-electron chi connectivity index (χ3n) is 5.58. The molecule has 0 aliphatic carbocycles. The minimum atomic E-state index is -0.651. The smallest absolute Gasteiger partial charge is 0.254 e. The van der Waals surface area contributed by atoms with Crippen molar-refractivity contribution >= 4 is 11.7 Å². The summed E-state index contributed by atoms with van der Waals surface area (Å²) in [6.07, 6.45) is 4.34. The molecule has 1 fully saturated rings. The lowest BCUT2D eigenvalue weighted by Crippen LogP contribution is -2.34. The number of nitrogens with zero attached hydrogens (tertiary/aromatic N) is 4. The molecule has 0 bridgehead atoms. The third kappa shape index (κ3) is 4.21. The molecule has 2 aromatic carbocycles. The van der Waals surface area contributed by atoms with Crippen LogP contribution in [0, 0.1) is 17.3 Å². The molecule has 1 saturated heterocycles. The molecule has 1 atom stereocenters. The van der Waals surface area contributed by atoms with E-state index in [2.05, 4.69) is 11.3 Å². The van der Waals surface area contributed by atoms with Crippen LogP contribution in [0.2, 0.25) is 0 Å². The van der Waals surface area contributed by atoms with Gasteiger partial charge in [0.2, 0.25) is 0 Å². The van der Waals surface area contributed by atoms with Crippen molar-refractivity contribution in [1.82, 2.24) is 14.7 Å². The predicted molar refractivity (Wildman–Crippen MR) is 115 cm³/mol. The lowest BCUT2D eigenvalue weighted by Gasteiger charge is -2.29. The number of nitrogen functional groups attached to an aromatic ring is 1. The maximum atomic E-state index is 13.5. The van der Waals surface area contributed by atoms with Crippen molar-refractivity contribution in [3.05, 3.63) is 71.0 Å². The normalized spacial score (nSPS) is 16.1. The average Bonchev–Trinajstić information content (AvgIpc) is 3.11. The second-order valence-electron chi connectivity index (χ2n) is 7.77. The molecular formula is C23H23FN6O. The Balaban J connectivity index is 1.71. The zero-order valence-electron chi connectivity index (χ0n) is 17.0. The van der Waals surface area contributed by atoms with E-state index in [1.807, 2.05) is 30.3 Å². The number of halogens is 1. The van der Waals surface area contributed by atoms with Crippen molar-refractivity contribution in [2.75, 3.05) is 18.8 Å². The van der Waals surface area contributed by atoms with Crippen LogP contribution in [0.4, 0.5) is 10.2 Å². The van der Waals surface area contributed by atoms with Gasteiger partial charge in [0, 0.05) is 12.1 Å². The molecule has 1 unspecified atom stereocenters. The van der Waals surface area contributed by atoms with Gasteiger partial charge in [-0.2, -0.15) is 10.4 Å². The van der Waals surface area contributed by atoms with E-state index in [4.69, 9.17) is 11.5 Å². The van der Waals surface area contributed by atoms with Crippen LogP contribution >= 0.6 is 0 Å². The summed E-state index contributed by atoms with van der Waals surface area (Å²) >= 11 is 0. The molecule has 2 heterocycles. The number of amides is 1. The van der Waals surface area contributed by atoms with E-state index in [1.54, 1.807) is 15.6 Å². The van der Waals surface area contributed by atoms with Gasteiger partial charge in [-0.15, -0.1) is 0 Å². The van der Waals surface area contributed by atoms with Gasteiger partial charge in [-0.05, 0) is 48.6 Å². The zero-order chi connectivity index (χ0) is 22.0. The first-order chi connectivity index (χ1) is 15.0. The topological polar surface area (TPSA) is 114 Å². The number of carbonyl (C=O) groups excluding carboxylic acids is 1. The second-order valence-corrected chi connectivity index (χ2v) is 7.77. The highest BCUT2D eigenvalue weighted by atomic mass is 19.1. The molecule has 7 nitrogen and oxygen atoms in total. The Labute approximate surface area is 179 Å². The summed E-state index contributed by atoms with van der Waals surface area (Å²) in [6, 6.07) is 13.9. The summed E-state index contributed by atoms with van der Waals surface area (Å²) in [5.74, 6) is -0.722. The van der Waals surface area contributed by atoms with E-state index in [9.17, 15) is 14.4 Å². The second kappa shape index (κ2) is 8.48. The molecule has 1 aliphatic heterocycles. The van der Waals surface area contributed by atoms with Crippen molar-refractivity contribution in [1.29, 1.82) is 5.26 Å². The summed E-state index contributed by atoms with van der Waals surface area (Å²) < 4.78 is 15.2. The highest BCUT2D eigenvalue weighted by Gasteiger charge is 2.28. The van der Waals surface area contributed by atoms with Gasteiger partial charge in [0.15, 0.2) is 6.19 Å². The van der Waals surface area contributed by atoms with Crippen molar-refractivity contribution in [3.8, 4) is 17.5 Å². The van der Waals surface area contributed by atoms with Gasteiger partial charge in [0.1, 0.15) is 22.9 Å². The van der Waals surface area contributed by atoms with E-state index in [0.29, 0.717) is 30.8 Å². The fourth-order valence-corrected chi connectivity index (χ4v) is 4.13. The molecule has 1 aliphatic rings. The number of hydrogen-bond acceptors (Lipinski definition) is 5. The van der Waals surface area contributed by atoms with Gasteiger partial charge in [-0.3, -0.25) is 4.79 Å². The molecule has 158 valence electrons. The Bertz CT molecular complexity index is 1170. The summed E-state index contributed by atoms with van der Waals surface area (Å²) in [5, 5.41) is 13.9. The van der Waals surface area contributed by atoms with Crippen molar-refractivity contribution < 1.29 is 9.18 Å². The van der Waals surface area contributed by atoms with Gasteiger partial charge in [0.25, 0.3) is 5.91 Å². The number of aromatic nitrogens is 2. The quantitative estimate of drug-likeness (QED) is 0.618. The van der Waals surface area contributed by atoms with Gasteiger partial charge in [-0.25, -0.2) is 9.07 Å². The number of nitriles is 1. The van der Waals surface area contributed by atoms with Crippen LogP contribution in [-0.2, 0) is 6.42 Å². The Morgan fingerprint density at radius 1 is 1.23 bits per heavy atom. The Morgan fingerprint density at radius 2 is 1.97 bits per heavy atom. The maximum Gasteiger partial charge on any atom is 0.254 e.